The van der Waals surface area contributed by atoms with Crippen LogP contribution in [-0.2, 0) is 15.3 Å². The Labute approximate surface area is 191 Å². The van der Waals surface area contributed by atoms with E-state index in [0.717, 1.165) is 5.75 Å². The third-order valence-corrected chi connectivity index (χ3v) is 6.25. The summed E-state index contributed by atoms with van der Waals surface area (Å²) in [5.74, 6) is 2.20. The number of benzene rings is 1. The largest absolute Gasteiger partial charge is 0.463 e. The number of thioether (sulfide) groups is 1. The molecule has 0 spiro atoms. The maximum atomic E-state index is 12.7. The molecule has 1 aliphatic rings. The topological polar surface area (TPSA) is 101 Å². The van der Waals surface area contributed by atoms with Crippen LogP contribution in [0.15, 0.2) is 59.2 Å². The van der Waals surface area contributed by atoms with E-state index in [-0.39, 0.29) is 23.8 Å². The minimum absolute atomic E-state index is 0.00925. The molecule has 2 amide bonds. The van der Waals surface area contributed by atoms with Crippen LogP contribution in [0.1, 0.15) is 32.1 Å². The number of nitrogens with zero attached hydrogens (tertiary/aromatic N) is 2. The van der Waals surface area contributed by atoms with E-state index < -0.39 is 6.29 Å². The molecule has 1 saturated heterocycles. The maximum Gasteiger partial charge on any atom is 0.235 e. The Bertz CT molecular complexity index is 1050. The summed E-state index contributed by atoms with van der Waals surface area (Å²) in [6.45, 7) is 4.13. The lowest BCUT2D eigenvalue weighted by Crippen LogP contribution is -2.55. The zero-order chi connectivity index (χ0) is 22.5. The molecule has 0 radical (unpaired) electrons. The number of nitrogens with one attached hydrogen (secondary N) is 3. The highest BCUT2D eigenvalue weighted by Crippen LogP contribution is 2.26. The number of carbonyl (C=O) groups is 2. The minimum Gasteiger partial charge on any atom is -0.463 e. The third-order valence-electron chi connectivity index (χ3n) is 5.25. The maximum absolute atomic E-state index is 12.7. The van der Waals surface area contributed by atoms with Crippen molar-refractivity contribution < 1.29 is 14.0 Å². The highest BCUT2D eigenvalue weighted by atomic mass is 32.2. The zero-order valence-electron chi connectivity index (χ0n) is 18.1. The van der Waals surface area contributed by atoms with Gasteiger partial charge in [-0.25, -0.2) is 4.68 Å². The predicted octanol–water partition coefficient (Wildman–Crippen LogP) is 3.61. The summed E-state index contributed by atoms with van der Waals surface area (Å²) in [5, 5.41) is 13.9. The Hall–Kier alpha value is -3.04. The van der Waals surface area contributed by atoms with Gasteiger partial charge in [-0.05, 0) is 23.6 Å². The van der Waals surface area contributed by atoms with Gasteiger partial charge in [-0.2, -0.15) is 5.10 Å². The fraction of sp³-hybridized carbons (Fsp3) is 0.348. The summed E-state index contributed by atoms with van der Waals surface area (Å²) in [4.78, 5) is 25.0. The molecule has 8 nitrogen and oxygen atoms in total. The molecule has 4 rings (SSSR count). The Kier molecular flexibility index (Phi) is 6.96. The van der Waals surface area contributed by atoms with Gasteiger partial charge in [0.15, 0.2) is 12.0 Å². The smallest absolute Gasteiger partial charge is 0.235 e. The molecule has 0 aliphatic carbocycles. The highest BCUT2D eigenvalue weighted by molar-refractivity contribution is 7.99. The van der Waals surface area contributed by atoms with Crippen LogP contribution in [0, 0.1) is 5.92 Å². The average molecular weight is 454 g/mol. The van der Waals surface area contributed by atoms with E-state index in [0.29, 0.717) is 29.4 Å². The van der Waals surface area contributed by atoms with Crippen molar-refractivity contribution in [1.82, 2.24) is 20.4 Å². The van der Waals surface area contributed by atoms with Crippen LogP contribution in [-0.4, -0.2) is 33.4 Å². The monoisotopic (exact) mass is 453 g/mol. The number of anilines is 1. The molecule has 0 saturated carbocycles. The van der Waals surface area contributed by atoms with Crippen molar-refractivity contribution in [3.63, 3.8) is 0 Å². The van der Waals surface area contributed by atoms with Crippen LogP contribution < -0.4 is 16.0 Å². The Morgan fingerprint density at radius 3 is 2.81 bits per heavy atom. The van der Waals surface area contributed by atoms with Crippen molar-refractivity contribution >= 4 is 29.4 Å². The number of hydrogen-bond acceptors (Lipinski definition) is 6. The molecule has 0 bridgehead atoms. The molecule has 9 heteroatoms. The zero-order valence-corrected chi connectivity index (χ0v) is 18.9. The standard InChI is InChI=1S/C23H27N5O3S/c1-15(2)17-12-21(29)26-23(24-17)28-20(11-18(27-28)19-9-6-10-31-19)25-22(30)14-32-13-16-7-4-3-5-8-16/h3-11,15,17,23-24H,12-14H2,1-2H3,(H,25,30)(H,26,29). The molecule has 168 valence electrons. The first-order valence-corrected chi connectivity index (χ1v) is 11.8. The molecule has 3 aromatic rings. The molecule has 2 atom stereocenters. The SMILES string of the molecule is CC(C)C1CC(=O)NC(n2nc(-c3ccco3)cc2NC(=O)CSCc2ccccc2)N1. The normalized spacial score (nSPS) is 18.5. The van der Waals surface area contributed by atoms with E-state index in [1.807, 2.05) is 30.3 Å². The molecule has 32 heavy (non-hydrogen) atoms. The second kappa shape index (κ2) is 10.1. The summed E-state index contributed by atoms with van der Waals surface area (Å²) in [6.07, 6.45) is 1.40. The van der Waals surface area contributed by atoms with Crippen molar-refractivity contribution in [2.75, 3.05) is 11.1 Å². The summed E-state index contributed by atoms with van der Waals surface area (Å²) in [7, 11) is 0. The van der Waals surface area contributed by atoms with Gasteiger partial charge in [0.2, 0.25) is 11.8 Å². The first kappa shape index (κ1) is 22.2. The molecular weight excluding hydrogens is 426 g/mol. The molecule has 1 aliphatic heterocycles. The second-order valence-electron chi connectivity index (χ2n) is 8.05. The van der Waals surface area contributed by atoms with E-state index in [2.05, 4.69) is 34.9 Å². The number of hydrogen-bond donors (Lipinski definition) is 3. The summed E-state index contributed by atoms with van der Waals surface area (Å²) >= 11 is 1.54. The number of aromatic nitrogens is 2. The predicted molar refractivity (Wildman–Crippen MR) is 125 cm³/mol. The first-order chi connectivity index (χ1) is 15.5. The van der Waals surface area contributed by atoms with Crippen LogP contribution in [0.4, 0.5) is 5.82 Å². The molecule has 3 N–H and O–H groups in total. The number of carbonyl (C=O) groups excluding carboxylic acids is 2. The van der Waals surface area contributed by atoms with Gasteiger partial charge < -0.3 is 15.1 Å². The molecule has 2 unspecified atom stereocenters. The minimum atomic E-state index is -0.570. The van der Waals surface area contributed by atoms with Crippen LogP contribution >= 0.6 is 11.8 Å². The van der Waals surface area contributed by atoms with E-state index in [9.17, 15) is 9.59 Å². The van der Waals surface area contributed by atoms with E-state index in [1.165, 1.54) is 17.3 Å². The molecular formula is C23H27N5O3S. The molecule has 1 aromatic carbocycles. The Morgan fingerprint density at radius 1 is 1.28 bits per heavy atom. The average Bonchev–Trinajstić information content (AvgIpc) is 3.44. The van der Waals surface area contributed by atoms with Gasteiger partial charge in [0.25, 0.3) is 0 Å². The van der Waals surface area contributed by atoms with Crippen molar-refractivity contribution in [3.8, 4) is 11.5 Å². The quantitative estimate of drug-likeness (QED) is 0.482. The van der Waals surface area contributed by atoms with Crippen molar-refractivity contribution in [1.29, 1.82) is 0 Å². The first-order valence-electron chi connectivity index (χ1n) is 10.6. The second-order valence-corrected chi connectivity index (χ2v) is 9.04. The summed E-state index contributed by atoms with van der Waals surface area (Å²) < 4.78 is 7.08. The van der Waals surface area contributed by atoms with Gasteiger partial charge in [-0.15, -0.1) is 11.8 Å². The van der Waals surface area contributed by atoms with Crippen molar-refractivity contribution in [2.24, 2.45) is 5.92 Å². The van der Waals surface area contributed by atoms with E-state index in [1.54, 1.807) is 29.1 Å². The molecule has 3 heterocycles. The van der Waals surface area contributed by atoms with Gasteiger partial charge in [-0.3, -0.25) is 14.9 Å². The van der Waals surface area contributed by atoms with E-state index in [4.69, 9.17) is 4.42 Å². The van der Waals surface area contributed by atoms with Crippen molar-refractivity contribution in [2.45, 2.75) is 38.4 Å². The van der Waals surface area contributed by atoms with Gasteiger partial charge >= 0.3 is 0 Å². The molecule has 2 aromatic heterocycles. The third kappa shape index (κ3) is 5.41. The summed E-state index contributed by atoms with van der Waals surface area (Å²) in [5.41, 5.74) is 1.74. The van der Waals surface area contributed by atoms with Crippen LogP contribution in [0.5, 0.6) is 0 Å². The Balaban J connectivity index is 1.50. The lowest BCUT2D eigenvalue weighted by Gasteiger charge is -2.34. The number of amides is 2. The van der Waals surface area contributed by atoms with Crippen LogP contribution in [0.3, 0.4) is 0 Å². The summed E-state index contributed by atoms with van der Waals surface area (Å²) in [6, 6.07) is 15.4. The van der Waals surface area contributed by atoms with Gasteiger partial charge in [-0.1, -0.05) is 44.2 Å². The highest BCUT2D eigenvalue weighted by Gasteiger charge is 2.31. The van der Waals surface area contributed by atoms with Gasteiger partial charge in [0.05, 0.1) is 12.0 Å². The fourth-order valence-electron chi connectivity index (χ4n) is 3.52. The van der Waals surface area contributed by atoms with Gasteiger partial charge in [0, 0.05) is 24.3 Å². The van der Waals surface area contributed by atoms with Crippen LogP contribution in [0.25, 0.3) is 11.5 Å². The van der Waals surface area contributed by atoms with Crippen LogP contribution in [0.2, 0.25) is 0 Å². The lowest BCUT2D eigenvalue weighted by molar-refractivity contribution is -0.126. The van der Waals surface area contributed by atoms with Gasteiger partial charge in [0.1, 0.15) is 11.5 Å². The lowest BCUT2D eigenvalue weighted by atomic mass is 9.99. The number of furan rings is 1. The molecule has 1 fully saturated rings. The Morgan fingerprint density at radius 2 is 2.09 bits per heavy atom. The van der Waals surface area contributed by atoms with Crippen molar-refractivity contribution in [3.05, 3.63) is 60.4 Å². The fourth-order valence-corrected chi connectivity index (χ4v) is 4.31. The number of rotatable bonds is 8. The van der Waals surface area contributed by atoms with E-state index >= 15 is 0 Å².